The lowest BCUT2D eigenvalue weighted by Crippen LogP contribution is -2.61. The van der Waals surface area contributed by atoms with Gasteiger partial charge in [0.1, 0.15) is 17.0 Å². The standard InChI is InChI=1S/C15H22O2.C15H24O2.2C15H24O/c1-9(2)11-6-5-10(3)14-12(7-11)15(4,17)8-13(14)16;1-10(2)12-7-8-14(4)13(16)6-5-11(3)15(14,17)9-12;1-10(2)13-6-5-11(3)14-8-7-12(4)15(14,9-13)16-14;1-9(2)12-6-5-10(3)15-13(8-12)11(4)7-14(15)16/h10-11,17H,1,5-8H2,2-4H3;11-12,17H,1,5-9H2,2-4H3;11-13H,1,5-9H2,2-4H3;10-12,14,16H,1,5-8H2,2-4H3/t10-,11+,15?;11-,12+,14-,15+;11-,12-,13+,14?,15?;10-,11-,12+,14?/m0000/s1. The summed E-state index contributed by atoms with van der Waals surface area (Å²) in [5, 5.41) is 31.6. The minimum atomic E-state index is -0.918. The SMILES string of the molecule is C=C(C)[C@@H]1CC[C@@]2(C)C(=O)CC[C@H](C)[C@]2(O)C1.C=C(C)[C@@H]1CC[C@H](C)C23CC[C@H](C)C2(C1)O3.C=C(C)[C@@H]1CC[C@H](C)C2=C(C1)C(C)(O)CC2=O.C=C(C)[C@@H]1CC[C@H](C)C2=C(C1)[C@@H](C)CC2O. The molecule has 0 spiro atoms. The zero-order valence-corrected chi connectivity index (χ0v) is 44.0. The van der Waals surface area contributed by atoms with Crippen LogP contribution in [0.25, 0.3) is 0 Å². The topological polar surface area (TPSA) is 107 Å². The molecule has 1 aliphatic heterocycles. The number of ketones is 2. The molecule has 1 heterocycles. The number of rotatable bonds is 4. The third-order valence-electron chi connectivity index (χ3n) is 20.1. The van der Waals surface area contributed by atoms with Gasteiger partial charge in [-0.3, -0.25) is 9.59 Å². The average Bonchev–Trinajstić information content (AvgIpc) is 3.77. The number of ether oxygens (including phenoxy) is 1. The molecular formula is C60H94O6. The summed E-state index contributed by atoms with van der Waals surface area (Å²) in [6.07, 6.45) is 18.1. The lowest BCUT2D eigenvalue weighted by Gasteiger charge is -2.55. The van der Waals surface area contributed by atoms with E-state index in [9.17, 15) is 24.9 Å². The van der Waals surface area contributed by atoms with E-state index in [0.717, 1.165) is 79.9 Å². The first kappa shape index (κ1) is 53.0. The normalized spacial score (nSPS) is 44.7. The van der Waals surface area contributed by atoms with Gasteiger partial charge in [0.2, 0.25) is 0 Å². The summed E-state index contributed by atoms with van der Waals surface area (Å²) in [5.41, 5.74) is 8.08. The first-order chi connectivity index (χ1) is 30.7. The lowest BCUT2D eigenvalue weighted by molar-refractivity contribution is -0.183. The van der Waals surface area contributed by atoms with Crippen molar-refractivity contribution in [2.75, 3.05) is 0 Å². The maximum atomic E-state index is 12.2. The predicted molar refractivity (Wildman–Crippen MR) is 272 cm³/mol. The molecular weight excluding hydrogens is 817 g/mol. The Labute approximate surface area is 402 Å². The van der Waals surface area contributed by atoms with Crippen LogP contribution in [0, 0.1) is 64.6 Å². The molecule has 0 radical (unpaired) electrons. The van der Waals surface area contributed by atoms with E-state index in [1.54, 1.807) is 12.5 Å². The second-order valence-electron chi connectivity index (χ2n) is 24.8. The molecule has 9 aliphatic rings. The highest BCUT2D eigenvalue weighted by atomic mass is 16.6. The fraction of sp³-hybridized carbons (Fsp3) is 0.767. The van der Waals surface area contributed by atoms with Crippen LogP contribution in [-0.4, -0.2) is 55.4 Å². The summed E-state index contributed by atoms with van der Waals surface area (Å²) in [4.78, 5) is 24.2. The Balaban J connectivity index is 0.000000146. The number of Topliss-reactive ketones (excluding diaryl/α,β-unsaturated/α-hetero) is 2. The number of hydrogen-bond acceptors (Lipinski definition) is 6. The van der Waals surface area contributed by atoms with Crippen LogP contribution < -0.4 is 0 Å². The second kappa shape index (κ2) is 19.8. The van der Waals surface area contributed by atoms with Crippen molar-refractivity contribution in [1.29, 1.82) is 0 Å². The quantitative estimate of drug-likeness (QED) is 0.192. The highest BCUT2D eigenvalue weighted by molar-refractivity contribution is 6.01. The molecule has 9 rings (SSSR count). The smallest absolute Gasteiger partial charge is 0.162 e. The molecule has 0 bridgehead atoms. The Morgan fingerprint density at radius 3 is 1.76 bits per heavy atom. The Morgan fingerprint density at radius 2 is 1.15 bits per heavy atom. The van der Waals surface area contributed by atoms with Gasteiger partial charge in [-0.05, 0) is 215 Å². The molecule has 0 aromatic rings. The van der Waals surface area contributed by atoms with Gasteiger partial charge in [-0.1, -0.05) is 95.7 Å². The van der Waals surface area contributed by atoms with Gasteiger partial charge in [-0.25, -0.2) is 0 Å². The fourth-order valence-corrected chi connectivity index (χ4v) is 15.0. The Kier molecular flexibility index (Phi) is 15.9. The molecule has 0 amide bonds. The van der Waals surface area contributed by atoms with Crippen LogP contribution in [0.3, 0.4) is 0 Å². The van der Waals surface area contributed by atoms with Crippen molar-refractivity contribution in [3.05, 3.63) is 70.9 Å². The van der Waals surface area contributed by atoms with E-state index in [-0.39, 0.29) is 47.1 Å². The van der Waals surface area contributed by atoms with Gasteiger partial charge in [0, 0.05) is 18.4 Å². The molecule has 0 aromatic heterocycles. The van der Waals surface area contributed by atoms with Crippen molar-refractivity contribution < 1.29 is 29.6 Å². The van der Waals surface area contributed by atoms with E-state index >= 15 is 0 Å². The molecule has 16 atom stereocenters. The van der Waals surface area contributed by atoms with E-state index in [4.69, 9.17) is 4.74 Å². The monoisotopic (exact) mass is 911 g/mol. The maximum absolute atomic E-state index is 12.2. The van der Waals surface area contributed by atoms with E-state index in [2.05, 4.69) is 81.7 Å². The highest BCUT2D eigenvalue weighted by Gasteiger charge is 2.77. The van der Waals surface area contributed by atoms with Gasteiger partial charge in [-0.2, -0.15) is 0 Å². The molecule has 1 saturated heterocycles. The van der Waals surface area contributed by atoms with E-state index in [1.807, 2.05) is 20.8 Å². The highest BCUT2D eigenvalue weighted by Crippen LogP contribution is 2.70. The van der Waals surface area contributed by atoms with Crippen LogP contribution in [0.2, 0.25) is 0 Å². The second-order valence-corrected chi connectivity index (χ2v) is 24.8. The van der Waals surface area contributed by atoms with E-state index in [1.165, 1.54) is 67.2 Å². The Bertz CT molecular complexity index is 1980. The van der Waals surface area contributed by atoms with Gasteiger partial charge >= 0.3 is 0 Å². The van der Waals surface area contributed by atoms with Crippen LogP contribution in [0.4, 0.5) is 0 Å². The minimum Gasteiger partial charge on any atom is -0.389 e. The number of carbonyl (C=O) groups is 2. The third kappa shape index (κ3) is 9.72. The molecule has 6 nitrogen and oxygen atoms in total. The molecule has 4 unspecified atom stereocenters. The number of aliphatic hydroxyl groups is 3. The molecule has 3 N–H and O–H groups in total. The van der Waals surface area contributed by atoms with Gasteiger partial charge in [0.05, 0.1) is 22.7 Å². The molecule has 4 saturated carbocycles. The summed E-state index contributed by atoms with van der Waals surface area (Å²) in [6, 6.07) is 0. The fourth-order valence-electron chi connectivity index (χ4n) is 15.0. The zero-order chi connectivity index (χ0) is 49.1. The van der Waals surface area contributed by atoms with E-state index < -0.39 is 16.6 Å². The number of aliphatic hydroxyl groups excluding tert-OH is 1. The molecule has 5 fully saturated rings. The van der Waals surface area contributed by atoms with Crippen molar-refractivity contribution in [2.24, 2.45) is 64.6 Å². The Hall–Kier alpha value is -2.38. The summed E-state index contributed by atoms with van der Waals surface area (Å²) in [5.74, 6) is 5.71. The Morgan fingerprint density at radius 1 is 0.606 bits per heavy atom. The van der Waals surface area contributed by atoms with Crippen LogP contribution >= 0.6 is 0 Å². The largest absolute Gasteiger partial charge is 0.389 e. The van der Waals surface area contributed by atoms with Crippen molar-refractivity contribution in [3.63, 3.8) is 0 Å². The lowest BCUT2D eigenvalue weighted by atomic mass is 9.51. The number of fused-ring (bicyclic) bond motifs is 1. The minimum absolute atomic E-state index is 0.153. The molecule has 8 aliphatic carbocycles. The van der Waals surface area contributed by atoms with Gasteiger partial charge in [-0.15, -0.1) is 0 Å². The summed E-state index contributed by atoms with van der Waals surface area (Å²) in [7, 11) is 0. The van der Waals surface area contributed by atoms with Crippen molar-refractivity contribution in [3.8, 4) is 0 Å². The summed E-state index contributed by atoms with van der Waals surface area (Å²) < 4.78 is 6.33. The first-order valence-corrected chi connectivity index (χ1v) is 26.6. The predicted octanol–water partition coefficient (Wildman–Crippen LogP) is 13.8. The number of allylic oxidation sites excluding steroid dienone is 6. The van der Waals surface area contributed by atoms with Crippen LogP contribution in [0.5, 0.6) is 0 Å². The number of carbonyl (C=O) groups excluding carboxylic acids is 2. The molecule has 6 heteroatoms. The van der Waals surface area contributed by atoms with Gasteiger partial charge < -0.3 is 20.1 Å². The van der Waals surface area contributed by atoms with Crippen molar-refractivity contribution in [1.82, 2.24) is 0 Å². The van der Waals surface area contributed by atoms with Crippen LogP contribution in [0.1, 0.15) is 199 Å². The molecule has 370 valence electrons. The van der Waals surface area contributed by atoms with Crippen LogP contribution in [0.15, 0.2) is 70.9 Å². The number of hydrogen-bond donors (Lipinski definition) is 3. The maximum Gasteiger partial charge on any atom is 0.162 e. The van der Waals surface area contributed by atoms with Crippen molar-refractivity contribution in [2.45, 2.75) is 227 Å². The average molecular weight is 911 g/mol. The molecule has 0 aromatic carbocycles. The first-order valence-electron chi connectivity index (χ1n) is 26.6. The van der Waals surface area contributed by atoms with Crippen molar-refractivity contribution >= 4 is 11.6 Å². The molecule has 66 heavy (non-hydrogen) atoms. The van der Waals surface area contributed by atoms with Gasteiger partial charge in [0.15, 0.2) is 5.78 Å². The number of epoxide rings is 1. The van der Waals surface area contributed by atoms with Crippen LogP contribution in [-0.2, 0) is 14.3 Å². The summed E-state index contributed by atoms with van der Waals surface area (Å²) >= 11 is 0. The summed E-state index contributed by atoms with van der Waals surface area (Å²) in [6.45, 7) is 42.1. The van der Waals surface area contributed by atoms with Gasteiger partial charge in [0.25, 0.3) is 0 Å². The van der Waals surface area contributed by atoms with E-state index in [0.29, 0.717) is 48.3 Å². The zero-order valence-electron chi connectivity index (χ0n) is 44.0. The third-order valence-corrected chi connectivity index (χ3v) is 20.1.